The highest BCUT2D eigenvalue weighted by atomic mass is 32.2. The second-order valence-electron chi connectivity index (χ2n) is 7.72. The molecule has 6 nitrogen and oxygen atoms in total. The van der Waals surface area contributed by atoms with Crippen LogP contribution in [0.3, 0.4) is 0 Å². The summed E-state index contributed by atoms with van der Waals surface area (Å²) in [5.74, 6) is -0.410. The van der Waals surface area contributed by atoms with Crippen LogP contribution in [0.5, 0.6) is 0 Å². The monoisotopic (exact) mass is 384 g/mol. The number of carbonyl (C=O) groups excluding carboxylic acids is 2. The van der Waals surface area contributed by atoms with Crippen molar-refractivity contribution in [2.75, 3.05) is 5.32 Å². The van der Waals surface area contributed by atoms with Crippen LogP contribution in [0.4, 0.5) is 5.69 Å². The quantitative estimate of drug-likeness (QED) is 0.776. The second-order valence-corrected chi connectivity index (χ2v) is 8.91. The highest BCUT2D eigenvalue weighted by Gasteiger charge is 2.32. The molecule has 1 saturated heterocycles. The molecule has 1 heterocycles. The van der Waals surface area contributed by atoms with Crippen LogP contribution in [-0.2, 0) is 9.59 Å². The van der Waals surface area contributed by atoms with Crippen molar-refractivity contribution in [2.45, 2.75) is 45.3 Å². The van der Waals surface area contributed by atoms with Gasteiger partial charge in [-0.1, -0.05) is 49.4 Å². The molecule has 1 aliphatic heterocycles. The first-order valence-electron chi connectivity index (χ1n) is 8.95. The minimum atomic E-state index is -0.493. The third-order valence-corrected chi connectivity index (χ3v) is 5.38. The van der Waals surface area contributed by atoms with Gasteiger partial charge in [0, 0.05) is 12.1 Å². The average molecular weight is 385 g/mol. The number of allylic oxidation sites excluding steroid dienone is 2. The Labute approximate surface area is 163 Å². The summed E-state index contributed by atoms with van der Waals surface area (Å²) in [5, 5.41) is 14.0. The number of para-hydroxylation sites is 1. The first-order valence-corrected chi connectivity index (χ1v) is 9.83. The van der Waals surface area contributed by atoms with E-state index in [1.165, 1.54) is 17.3 Å². The lowest BCUT2D eigenvalue weighted by molar-refractivity contribution is -0.122. The van der Waals surface area contributed by atoms with Crippen molar-refractivity contribution in [1.29, 1.82) is 0 Å². The Hall–Kier alpha value is -2.41. The molecule has 0 saturated carbocycles. The molecule has 1 aromatic carbocycles. The molecule has 3 rings (SSSR count). The number of amides is 2. The molecule has 0 aromatic heterocycles. The Bertz CT molecular complexity index is 828. The van der Waals surface area contributed by atoms with Gasteiger partial charge in [0.2, 0.25) is 11.8 Å². The smallest absolute Gasteiger partial charge is 0.240 e. The normalized spacial score (nSPS) is 24.6. The zero-order valence-corrected chi connectivity index (χ0v) is 16.6. The predicted octanol–water partition coefficient (Wildman–Crippen LogP) is 3.73. The summed E-state index contributed by atoms with van der Waals surface area (Å²) in [7, 11) is 0. The number of hydrogen-bond donors (Lipinski definition) is 2. The lowest BCUT2D eigenvalue weighted by Gasteiger charge is -2.28. The van der Waals surface area contributed by atoms with Crippen molar-refractivity contribution in [1.82, 2.24) is 5.32 Å². The molecule has 0 radical (unpaired) electrons. The van der Waals surface area contributed by atoms with E-state index < -0.39 is 5.25 Å². The van der Waals surface area contributed by atoms with Crippen LogP contribution >= 0.6 is 11.8 Å². The summed E-state index contributed by atoms with van der Waals surface area (Å²) < 4.78 is 0. The zero-order valence-electron chi connectivity index (χ0n) is 15.8. The zero-order chi connectivity index (χ0) is 19.4. The number of amidine groups is 1. The van der Waals surface area contributed by atoms with E-state index >= 15 is 0 Å². The van der Waals surface area contributed by atoms with Crippen molar-refractivity contribution in [3.8, 4) is 0 Å². The number of anilines is 1. The minimum Gasteiger partial charge on any atom is -0.326 e. The van der Waals surface area contributed by atoms with Gasteiger partial charge in [0.05, 0.1) is 5.71 Å². The molecular weight excluding hydrogens is 360 g/mol. The predicted molar refractivity (Wildman–Crippen MR) is 111 cm³/mol. The largest absolute Gasteiger partial charge is 0.326 e. The molecule has 27 heavy (non-hydrogen) atoms. The highest BCUT2D eigenvalue weighted by Crippen LogP contribution is 2.34. The topological polar surface area (TPSA) is 82.9 Å². The third kappa shape index (κ3) is 5.53. The van der Waals surface area contributed by atoms with Gasteiger partial charge >= 0.3 is 0 Å². The standard InChI is InChI=1S/C20H24N4O2S/c1-13-9-15(12-20(2,3)11-13)23-24-19-22-18(26)16(27-19)10-17(25)21-14-7-5-4-6-8-14/h4-9,16H,10-12H2,1-3H3,(H,21,25)(H,22,24,26)/b23-15+/t16-/m1/s1. The Kier molecular flexibility index (Phi) is 5.79. The van der Waals surface area contributed by atoms with E-state index in [-0.39, 0.29) is 23.7 Å². The third-order valence-electron chi connectivity index (χ3n) is 4.30. The van der Waals surface area contributed by atoms with Crippen LogP contribution in [0.1, 0.15) is 40.0 Å². The van der Waals surface area contributed by atoms with Gasteiger partial charge in [-0.05, 0) is 43.4 Å². The van der Waals surface area contributed by atoms with E-state index in [4.69, 9.17) is 0 Å². The fraction of sp³-hybridized carbons (Fsp3) is 0.400. The van der Waals surface area contributed by atoms with Crippen molar-refractivity contribution in [3.63, 3.8) is 0 Å². The summed E-state index contributed by atoms with van der Waals surface area (Å²) in [6, 6.07) is 9.19. The van der Waals surface area contributed by atoms with Gasteiger partial charge in [-0.25, -0.2) is 0 Å². The van der Waals surface area contributed by atoms with E-state index in [0.29, 0.717) is 10.9 Å². The maximum Gasteiger partial charge on any atom is 0.240 e. The van der Waals surface area contributed by atoms with Crippen molar-refractivity contribution < 1.29 is 9.59 Å². The van der Waals surface area contributed by atoms with E-state index in [9.17, 15) is 9.59 Å². The summed E-state index contributed by atoms with van der Waals surface area (Å²) in [6.45, 7) is 6.51. The number of carbonyl (C=O) groups is 2. The molecule has 1 aliphatic carbocycles. The van der Waals surface area contributed by atoms with E-state index in [1.807, 2.05) is 30.3 Å². The van der Waals surface area contributed by atoms with Crippen LogP contribution in [0.25, 0.3) is 0 Å². The molecule has 142 valence electrons. The van der Waals surface area contributed by atoms with E-state index in [2.05, 4.69) is 47.7 Å². The van der Waals surface area contributed by atoms with Gasteiger partial charge in [-0.2, -0.15) is 5.10 Å². The van der Waals surface area contributed by atoms with Crippen LogP contribution in [0.2, 0.25) is 0 Å². The molecule has 0 unspecified atom stereocenters. The Morgan fingerprint density at radius 1 is 1.26 bits per heavy atom. The fourth-order valence-electron chi connectivity index (χ4n) is 3.36. The molecule has 2 N–H and O–H groups in total. The SMILES string of the molecule is CC1=C/C(=N\N=C2/NC(=O)[C@@H](CC(=O)Nc3ccccc3)S2)CC(C)(C)C1. The van der Waals surface area contributed by atoms with E-state index in [1.54, 1.807) is 0 Å². The minimum absolute atomic E-state index is 0.0903. The van der Waals surface area contributed by atoms with Crippen molar-refractivity contribution in [2.24, 2.45) is 15.6 Å². The highest BCUT2D eigenvalue weighted by molar-refractivity contribution is 8.15. The van der Waals surface area contributed by atoms with E-state index in [0.717, 1.165) is 18.6 Å². The molecule has 7 heteroatoms. The lowest BCUT2D eigenvalue weighted by atomic mass is 9.77. The fourth-order valence-corrected chi connectivity index (χ4v) is 4.27. The summed E-state index contributed by atoms with van der Waals surface area (Å²) in [5.41, 5.74) is 3.08. The van der Waals surface area contributed by atoms with Crippen LogP contribution in [0.15, 0.2) is 52.2 Å². The molecule has 1 atom stereocenters. The Morgan fingerprint density at radius 2 is 2.00 bits per heavy atom. The molecule has 0 spiro atoms. The molecule has 2 amide bonds. The Morgan fingerprint density at radius 3 is 2.70 bits per heavy atom. The Balaban J connectivity index is 1.60. The number of thioether (sulfide) groups is 1. The number of hydrogen-bond acceptors (Lipinski definition) is 5. The molecule has 0 bridgehead atoms. The van der Waals surface area contributed by atoms with Crippen molar-refractivity contribution in [3.05, 3.63) is 42.0 Å². The van der Waals surface area contributed by atoms with Crippen LogP contribution < -0.4 is 10.6 Å². The summed E-state index contributed by atoms with van der Waals surface area (Å²) in [4.78, 5) is 24.3. The number of benzene rings is 1. The van der Waals surface area contributed by atoms with Gasteiger partial charge in [-0.3, -0.25) is 9.59 Å². The van der Waals surface area contributed by atoms with Gasteiger partial charge in [0.25, 0.3) is 0 Å². The van der Waals surface area contributed by atoms with Gasteiger partial charge in [0.15, 0.2) is 5.17 Å². The average Bonchev–Trinajstić information content (AvgIpc) is 2.92. The number of rotatable bonds is 4. The molecule has 1 fully saturated rings. The lowest BCUT2D eigenvalue weighted by Crippen LogP contribution is -2.28. The van der Waals surface area contributed by atoms with Gasteiger partial charge in [0.1, 0.15) is 5.25 Å². The summed E-state index contributed by atoms with van der Waals surface area (Å²) >= 11 is 1.25. The number of nitrogens with one attached hydrogen (secondary N) is 2. The molecule has 1 aromatic rings. The van der Waals surface area contributed by atoms with Crippen LogP contribution in [0, 0.1) is 5.41 Å². The second kappa shape index (κ2) is 8.08. The maximum atomic E-state index is 12.2. The van der Waals surface area contributed by atoms with Crippen LogP contribution in [-0.4, -0.2) is 27.9 Å². The number of nitrogens with zero attached hydrogens (tertiary/aromatic N) is 2. The molecule has 2 aliphatic rings. The maximum absolute atomic E-state index is 12.2. The van der Waals surface area contributed by atoms with Crippen molar-refractivity contribution >= 4 is 40.1 Å². The summed E-state index contributed by atoms with van der Waals surface area (Å²) in [6.07, 6.45) is 4.05. The first kappa shape index (κ1) is 19.4. The van der Waals surface area contributed by atoms with Gasteiger partial charge < -0.3 is 10.6 Å². The first-order chi connectivity index (χ1) is 12.8. The molecular formula is C20H24N4O2S. The van der Waals surface area contributed by atoms with Gasteiger partial charge in [-0.15, -0.1) is 5.10 Å².